The highest BCUT2D eigenvalue weighted by molar-refractivity contribution is 5.87. The molecule has 1 aromatic carbocycles. The Balaban J connectivity index is 2.25. The minimum atomic E-state index is -0.549. The van der Waals surface area contributed by atoms with Gasteiger partial charge in [-0.2, -0.15) is 0 Å². The van der Waals surface area contributed by atoms with Crippen molar-refractivity contribution < 1.29 is 9.53 Å². The van der Waals surface area contributed by atoms with Gasteiger partial charge in [0, 0.05) is 24.9 Å². The Kier molecular flexibility index (Phi) is 7.79. The molecule has 4 N–H and O–H groups in total. The maximum Gasteiger partial charge on any atom is 0.316 e. The van der Waals surface area contributed by atoms with E-state index in [1.54, 1.807) is 0 Å². The fourth-order valence-electron chi connectivity index (χ4n) is 1.88. The molecule has 0 radical (unpaired) electrons. The predicted molar refractivity (Wildman–Crippen MR) is 86.3 cm³/mol. The van der Waals surface area contributed by atoms with Crippen LogP contribution in [0.15, 0.2) is 24.3 Å². The van der Waals surface area contributed by atoms with Crippen molar-refractivity contribution in [2.75, 3.05) is 25.1 Å². The Bertz CT molecular complexity index is 418. The van der Waals surface area contributed by atoms with E-state index in [1.807, 2.05) is 24.3 Å². The van der Waals surface area contributed by atoms with E-state index in [4.69, 9.17) is 10.5 Å². The SMILES string of the molecule is CC(C)CCOCCNC(C)c1ccc(NC(N)=O)cc1. The first-order chi connectivity index (χ1) is 9.99. The quantitative estimate of drug-likeness (QED) is 0.613. The highest BCUT2D eigenvalue weighted by Gasteiger charge is 2.05. The number of carbonyl (C=O) groups is 1. The summed E-state index contributed by atoms with van der Waals surface area (Å²) in [7, 11) is 0. The molecule has 0 saturated carbocycles. The summed E-state index contributed by atoms with van der Waals surface area (Å²) in [6.45, 7) is 8.85. The highest BCUT2D eigenvalue weighted by Crippen LogP contribution is 2.15. The Morgan fingerprint density at radius 3 is 2.43 bits per heavy atom. The first-order valence-corrected chi connectivity index (χ1v) is 7.46. The average Bonchev–Trinajstić information content (AvgIpc) is 2.42. The normalized spacial score (nSPS) is 12.4. The van der Waals surface area contributed by atoms with Crippen LogP contribution in [0, 0.1) is 5.92 Å². The van der Waals surface area contributed by atoms with E-state index in [2.05, 4.69) is 31.4 Å². The molecular formula is C16H27N3O2. The Labute approximate surface area is 127 Å². The van der Waals surface area contributed by atoms with Gasteiger partial charge in [-0.25, -0.2) is 4.79 Å². The van der Waals surface area contributed by atoms with Gasteiger partial charge in [-0.1, -0.05) is 26.0 Å². The molecule has 0 heterocycles. The number of benzene rings is 1. The topological polar surface area (TPSA) is 76.4 Å². The summed E-state index contributed by atoms with van der Waals surface area (Å²) < 4.78 is 5.57. The smallest absolute Gasteiger partial charge is 0.316 e. The molecule has 5 heteroatoms. The maximum absolute atomic E-state index is 10.7. The summed E-state index contributed by atoms with van der Waals surface area (Å²) in [5.74, 6) is 0.685. The highest BCUT2D eigenvalue weighted by atomic mass is 16.5. The second-order valence-electron chi connectivity index (χ2n) is 5.58. The van der Waals surface area contributed by atoms with Crippen LogP contribution in [0.4, 0.5) is 10.5 Å². The van der Waals surface area contributed by atoms with Crippen molar-refractivity contribution in [1.82, 2.24) is 5.32 Å². The molecule has 118 valence electrons. The molecule has 1 unspecified atom stereocenters. The van der Waals surface area contributed by atoms with Crippen molar-refractivity contribution in [3.8, 4) is 0 Å². The van der Waals surface area contributed by atoms with Crippen LogP contribution in [0.25, 0.3) is 0 Å². The summed E-state index contributed by atoms with van der Waals surface area (Å²) in [6.07, 6.45) is 1.10. The van der Waals surface area contributed by atoms with Crippen molar-refractivity contribution >= 4 is 11.7 Å². The summed E-state index contributed by atoms with van der Waals surface area (Å²) in [6, 6.07) is 7.33. The fourth-order valence-corrected chi connectivity index (χ4v) is 1.88. The zero-order valence-electron chi connectivity index (χ0n) is 13.2. The van der Waals surface area contributed by atoms with E-state index in [1.165, 1.54) is 0 Å². The number of anilines is 1. The molecule has 1 rings (SSSR count). The van der Waals surface area contributed by atoms with Crippen molar-refractivity contribution in [1.29, 1.82) is 0 Å². The number of carbonyl (C=O) groups excluding carboxylic acids is 1. The molecule has 0 aliphatic carbocycles. The van der Waals surface area contributed by atoms with Gasteiger partial charge in [0.25, 0.3) is 0 Å². The predicted octanol–water partition coefficient (Wildman–Crippen LogP) is 2.89. The number of amides is 2. The summed E-state index contributed by atoms with van der Waals surface area (Å²) in [4.78, 5) is 10.7. The van der Waals surface area contributed by atoms with Crippen LogP contribution < -0.4 is 16.4 Å². The number of nitrogens with two attached hydrogens (primary N) is 1. The van der Waals surface area contributed by atoms with E-state index in [0.29, 0.717) is 11.6 Å². The number of hydrogen-bond acceptors (Lipinski definition) is 3. The molecule has 0 spiro atoms. The zero-order chi connectivity index (χ0) is 15.7. The number of ether oxygens (including phenoxy) is 1. The molecular weight excluding hydrogens is 266 g/mol. The largest absolute Gasteiger partial charge is 0.380 e. The van der Waals surface area contributed by atoms with Gasteiger partial charge < -0.3 is 21.1 Å². The lowest BCUT2D eigenvalue weighted by molar-refractivity contribution is 0.123. The molecule has 0 aliphatic heterocycles. The van der Waals surface area contributed by atoms with Gasteiger partial charge >= 0.3 is 6.03 Å². The first kappa shape index (κ1) is 17.5. The number of urea groups is 1. The zero-order valence-corrected chi connectivity index (χ0v) is 13.2. The van der Waals surface area contributed by atoms with Gasteiger partial charge in [0.2, 0.25) is 0 Å². The van der Waals surface area contributed by atoms with E-state index >= 15 is 0 Å². The molecule has 0 saturated heterocycles. The number of hydrogen-bond donors (Lipinski definition) is 3. The van der Waals surface area contributed by atoms with Gasteiger partial charge in [0.15, 0.2) is 0 Å². The van der Waals surface area contributed by atoms with Crippen molar-refractivity contribution in [2.45, 2.75) is 33.2 Å². The number of rotatable bonds is 9. The van der Waals surface area contributed by atoms with Crippen LogP contribution in [0.1, 0.15) is 38.8 Å². The van der Waals surface area contributed by atoms with Crippen LogP contribution in [0.3, 0.4) is 0 Å². The van der Waals surface area contributed by atoms with Crippen LogP contribution >= 0.6 is 0 Å². The first-order valence-electron chi connectivity index (χ1n) is 7.46. The monoisotopic (exact) mass is 293 g/mol. The van der Waals surface area contributed by atoms with Crippen molar-refractivity contribution in [2.24, 2.45) is 11.7 Å². The standard InChI is InChI=1S/C16H27N3O2/c1-12(2)8-10-21-11-9-18-13(3)14-4-6-15(7-5-14)19-16(17)20/h4-7,12-13,18H,8-11H2,1-3H3,(H3,17,19,20). The van der Waals surface area contributed by atoms with Gasteiger partial charge in [-0.05, 0) is 37.0 Å². The van der Waals surface area contributed by atoms with Crippen LogP contribution in [-0.2, 0) is 4.74 Å². The molecule has 1 aromatic rings. The van der Waals surface area contributed by atoms with Gasteiger partial charge in [-0.3, -0.25) is 0 Å². The summed E-state index contributed by atoms with van der Waals surface area (Å²) in [5, 5.41) is 5.95. The minimum Gasteiger partial charge on any atom is -0.380 e. The van der Waals surface area contributed by atoms with Crippen molar-refractivity contribution in [3.63, 3.8) is 0 Å². The van der Waals surface area contributed by atoms with E-state index < -0.39 is 6.03 Å². The van der Waals surface area contributed by atoms with E-state index in [0.717, 1.165) is 31.7 Å². The minimum absolute atomic E-state index is 0.237. The summed E-state index contributed by atoms with van der Waals surface area (Å²) >= 11 is 0. The lowest BCUT2D eigenvalue weighted by atomic mass is 10.1. The molecule has 0 bridgehead atoms. The van der Waals surface area contributed by atoms with E-state index in [-0.39, 0.29) is 6.04 Å². The molecule has 21 heavy (non-hydrogen) atoms. The second kappa shape index (κ2) is 9.37. The van der Waals surface area contributed by atoms with Crippen LogP contribution in [-0.4, -0.2) is 25.8 Å². The third-order valence-electron chi connectivity index (χ3n) is 3.21. The maximum atomic E-state index is 10.7. The van der Waals surface area contributed by atoms with Crippen molar-refractivity contribution in [3.05, 3.63) is 29.8 Å². The van der Waals surface area contributed by atoms with Gasteiger partial charge in [0.1, 0.15) is 0 Å². The average molecular weight is 293 g/mol. The van der Waals surface area contributed by atoms with E-state index in [9.17, 15) is 4.79 Å². The molecule has 5 nitrogen and oxygen atoms in total. The van der Waals surface area contributed by atoms with Crippen LogP contribution in [0.2, 0.25) is 0 Å². The Hall–Kier alpha value is -1.59. The molecule has 1 atom stereocenters. The Morgan fingerprint density at radius 1 is 1.19 bits per heavy atom. The summed E-state index contributed by atoms with van der Waals surface area (Å²) in [5.41, 5.74) is 6.93. The third-order valence-corrected chi connectivity index (χ3v) is 3.21. The third kappa shape index (κ3) is 7.68. The molecule has 0 aliphatic rings. The fraction of sp³-hybridized carbons (Fsp3) is 0.562. The van der Waals surface area contributed by atoms with Gasteiger partial charge in [-0.15, -0.1) is 0 Å². The lowest BCUT2D eigenvalue weighted by Gasteiger charge is -2.15. The second-order valence-corrected chi connectivity index (χ2v) is 5.58. The Morgan fingerprint density at radius 2 is 1.86 bits per heavy atom. The van der Waals surface area contributed by atoms with Gasteiger partial charge in [0.05, 0.1) is 6.61 Å². The number of primary amides is 1. The lowest BCUT2D eigenvalue weighted by Crippen LogP contribution is -2.23. The van der Waals surface area contributed by atoms with Crippen LogP contribution in [0.5, 0.6) is 0 Å². The number of nitrogens with one attached hydrogen (secondary N) is 2. The molecule has 0 aromatic heterocycles. The molecule has 0 fully saturated rings. The molecule has 2 amide bonds.